The molecule has 20 heavy (non-hydrogen) atoms. The van der Waals surface area contributed by atoms with E-state index in [-0.39, 0.29) is 18.2 Å². The summed E-state index contributed by atoms with van der Waals surface area (Å²) in [5.74, 6) is -0.816. The van der Waals surface area contributed by atoms with Gasteiger partial charge < -0.3 is 10.00 Å². The molecule has 0 aromatic heterocycles. The van der Waals surface area contributed by atoms with Crippen molar-refractivity contribution in [2.24, 2.45) is 0 Å². The summed E-state index contributed by atoms with van der Waals surface area (Å²) in [6, 6.07) is 9.63. The SMILES string of the molecule is O=C(O)CCCCC1C=C(c2ccccc2)CP1(=O)O. The Kier molecular flexibility index (Phi) is 4.79. The van der Waals surface area contributed by atoms with Gasteiger partial charge in [0, 0.05) is 6.42 Å². The highest BCUT2D eigenvalue weighted by atomic mass is 31.2. The lowest BCUT2D eigenvalue weighted by molar-refractivity contribution is -0.137. The first-order valence-electron chi connectivity index (χ1n) is 6.78. The lowest BCUT2D eigenvalue weighted by Gasteiger charge is -2.13. The molecule has 5 heteroatoms. The number of carbonyl (C=O) groups is 1. The maximum atomic E-state index is 12.2. The number of allylic oxidation sites excluding steroid dienone is 2. The molecule has 0 radical (unpaired) electrons. The molecule has 0 saturated carbocycles. The van der Waals surface area contributed by atoms with E-state index in [0.717, 1.165) is 11.1 Å². The van der Waals surface area contributed by atoms with Crippen LogP contribution in [0, 0.1) is 0 Å². The van der Waals surface area contributed by atoms with E-state index in [1.165, 1.54) is 0 Å². The normalized spacial score (nSPS) is 25.4. The molecule has 108 valence electrons. The molecule has 0 fully saturated rings. The van der Waals surface area contributed by atoms with Crippen LogP contribution < -0.4 is 0 Å². The molecule has 0 aliphatic carbocycles. The first-order valence-corrected chi connectivity index (χ1v) is 8.70. The van der Waals surface area contributed by atoms with Gasteiger partial charge in [0.2, 0.25) is 7.37 Å². The molecular formula is C15H19O4P. The van der Waals surface area contributed by atoms with E-state index in [2.05, 4.69) is 0 Å². The summed E-state index contributed by atoms with van der Waals surface area (Å²) in [5.41, 5.74) is 1.60. The van der Waals surface area contributed by atoms with Gasteiger partial charge in [-0.2, -0.15) is 0 Å². The summed E-state index contributed by atoms with van der Waals surface area (Å²) in [6.45, 7) is 0. The van der Waals surface area contributed by atoms with Gasteiger partial charge in [0.1, 0.15) is 0 Å². The van der Waals surface area contributed by atoms with Gasteiger partial charge in [-0.05, 0) is 24.0 Å². The predicted octanol–water partition coefficient (Wildman–Crippen LogP) is 3.37. The lowest BCUT2D eigenvalue weighted by atomic mass is 10.0. The summed E-state index contributed by atoms with van der Waals surface area (Å²) >= 11 is 0. The average Bonchev–Trinajstić information content (AvgIpc) is 2.71. The van der Waals surface area contributed by atoms with Crippen LogP contribution >= 0.6 is 7.37 Å². The third kappa shape index (κ3) is 3.81. The molecule has 1 aromatic carbocycles. The Morgan fingerprint density at radius 2 is 1.95 bits per heavy atom. The zero-order chi connectivity index (χ0) is 14.6. The third-order valence-corrected chi connectivity index (χ3v) is 5.83. The van der Waals surface area contributed by atoms with Crippen molar-refractivity contribution in [3.05, 3.63) is 42.0 Å². The quantitative estimate of drug-likeness (QED) is 0.623. The Balaban J connectivity index is 1.99. The maximum absolute atomic E-state index is 12.2. The van der Waals surface area contributed by atoms with E-state index < -0.39 is 13.3 Å². The summed E-state index contributed by atoms with van der Waals surface area (Å²) in [7, 11) is -3.18. The van der Waals surface area contributed by atoms with Gasteiger partial charge in [-0.15, -0.1) is 0 Å². The van der Waals surface area contributed by atoms with Crippen molar-refractivity contribution in [1.29, 1.82) is 0 Å². The first kappa shape index (κ1) is 15.0. The van der Waals surface area contributed by atoms with Crippen molar-refractivity contribution in [2.75, 3.05) is 6.16 Å². The van der Waals surface area contributed by atoms with Crippen LogP contribution in [0.1, 0.15) is 31.2 Å². The van der Waals surface area contributed by atoms with E-state index in [1.807, 2.05) is 36.4 Å². The molecule has 4 nitrogen and oxygen atoms in total. The summed E-state index contributed by atoms with van der Waals surface area (Å²) in [6.07, 6.45) is 4.05. The molecule has 1 aliphatic rings. The van der Waals surface area contributed by atoms with Crippen molar-refractivity contribution in [2.45, 2.75) is 31.3 Å². The molecule has 2 unspecified atom stereocenters. The minimum absolute atomic E-state index is 0.123. The van der Waals surface area contributed by atoms with Gasteiger partial charge in [-0.25, -0.2) is 0 Å². The minimum atomic E-state index is -3.18. The highest BCUT2D eigenvalue weighted by molar-refractivity contribution is 7.60. The topological polar surface area (TPSA) is 74.6 Å². The molecule has 2 rings (SSSR count). The van der Waals surface area contributed by atoms with Gasteiger partial charge in [-0.1, -0.05) is 42.8 Å². The molecule has 1 aromatic rings. The fraction of sp³-hybridized carbons (Fsp3) is 0.400. The summed E-state index contributed by atoms with van der Waals surface area (Å²) in [5, 5.41) is 8.58. The first-order chi connectivity index (χ1) is 9.49. The van der Waals surface area contributed by atoms with Crippen LogP contribution in [0.25, 0.3) is 5.57 Å². The van der Waals surface area contributed by atoms with Crippen LogP contribution in [0.4, 0.5) is 0 Å². The highest BCUT2D eigenvalue weighted by Gasteiger charge is 2.36. The van der Waals surface area contributed by atoms with Gasteiger partial charge in [0.05, 0.1) is 11.8 Å². The minimum Gasteiger partial charge on any atom is -0.481 e. The van der Waals surface area contributed by atoms with Crippen molar-refractivity contribution in [3.63, 3.8) is 0 Å². The van der Waals surface area contributed by atoms with Crippen LogP contribution in [0.3, 0.4) is 0 Å². The fourth-order valence-electron chi connectivity index (χ4n) is 2.52. The van der Waals surface area contributed by atoms with Crippen LogP contribution in [-0.4, -0.2) is 27.8 Å². The van der Waals surface area contributed by atoms with E-state index in [4.69, 9.17) is 5.11 Å². The lowest BCUT2D eigenvalue weighted by Crippen LogP contribution is -2.03. The molecule has 0 amide bonds. The standard InChI is InChI=1S/C15H19O4P/c16-15(17)9-5-4-8-14-10-13(11-20(14,18)19)12-6-2-1-3-7-12/h1-3,6-7,10,14H,4-5,8-9,11H2,(H,16,17)(H,18,19). The summed E-state index contributed by atoms with van der Waals surface area (Å²) < 4.78 is 12.2. The van der Waals surface area contributed by atoms with Crippen molar-refractivity contribution in [3.8, 4) is 0 Å². The molecule has 1 heterocycles. The molecular weight excluding hydrogens is 275 g/mol. The van der Waals surface area contributed by atoms with Gasteiger partial charge >= 0.3 is 5.97 Å². The fourth-order valence-corrected chi connectivity index (χ4v) is 4.53. The molecule has 2 atom stereocenters. The molecule has 1 aliphatic heterocycles. The van der Waals surface area contributed by atoms with E-state index in [0.29, 0.717) is 19.3 Å². The average molecular weight is 294 g/mol. The Morgan fingerprint density at radius 3 is 2.60 bits per heavy atom. The van der Waals surface area contributed by atoms with Crippen LogP contribution in [0.15, 0.2) is 36.4 Å². The number of hydrogen-bond acceptors (Lipinski definition) is 2. The second-order valence-corrected chi connectivity index (χ2v) is 7.67. The van der Waals surface area contributed by atoms with Crippen molar-refractivity contribution >= 4 is 18.9 Å². The highest BCUT2D eigenvalue weighted by Crippen LogP contribution is 2.56. The van der Waals surface area contributed by atoms with Crippen LogP contribution in [0.2, 0.25) is 0 Å². The Morgan fingerprint density at radius 1 is 1.25 bits per heavy atom. The van der Waals surface area contributed by atoms with E-state index in [1.54, 1.807) is 0 Å². The van der Waals surface area contributed by atoms with E-state index in [9.17, 15) is 14.3 Å². The zero-order valence-corrected chi connectivity index (χ0v) is 12.1. The maximum Gasteiger partial charge on any atom is 0.303 e. The number of benzene rings is 1. The Labute approximate surface area is 118 Å². The Bertz CT molecular complexity index is 550. The third-order valence-electron chi connectivity index (χ3n) is 3.59. The number of aliphatic carboxylic acids is 1. The second-order valence-electron chi connectivity index (χ2n) is 5.18. The monoisotopic (exact) mass is 294 g/mol. The smallest absolute Gasteiger partial charge is 0.303 e. The van der Waals surface area contributed by atoms with Gasteiger partial charge in [0.25, 0.3) is 0 Å². The van der Waals surface area contributed by atoms with Gasteiger partial charge in [-0.3, -0.25) is 9.36 Å². The largest absolute Gasteiger partial charge is 0.481 e. The number of carboxylic acids is 1. The Hall–Kier alpha value is -1.38. The van der Waals surface area contributed by atoms with Crippen LogP contribution in [0.5, 0.6) is 0 Å². The number of carboxylic acid groups (broad SMARTS) is 1. The zero-order valence-electron chi connectivity index (χ0n) is 11.2. The molecule has 0 bridgehead atoms. The molecule has 0 saturated heterocycles. The second kappa shape index (κ2) is 6.38. The molecule has 0 spiro atoms. The summed E-state index contributed by atoms with van der Waals surface area (Å²) in [4.78, 5) is 20.5. The number of rotatable bonds is 6. The number of hydrogen-bond donors (Lipinski definition) is 2. The van der Waals surface area contributed by atoms with E-state index >= 15 is 0 Å². The van der Waals surface area contributed by atoms with Crippen LogP contribution in [-0.2, 0) is 9.36 Å². The van der Waals surface area contributed by atoms with Crippen molar-refractivity contribution < 1.29 is 19.4 Å². The van der Waals surface area contributed by atoms with Crippen molar-refractivity contribution in [1.82, 2.24) is 0 Å². The predicted molar refractivity (Wildman–Crippen MR) is 79.0 cm³/mol. The molecule has 2 N–H and O–H groups in total. The van der Waals surface area contributed by atoms with Gasteiger partial charge in [0.15, 0.2) is 0 Å². The number of unbranched alkanes of at least 4 members (excludes halogenated alkanes) is 1.